The number of ether oxygens (including phenoxy) is 1. The highest BCUT2D eigenvalue weighted by atomic mass is 16.5. The van der Waals surface area contributed by atoms with Gasteiger partial charge in [0.15, 0.2) is 0 Å². The maximum Gasteiger partial charge on any atom is 0.122 e. The predicted molar refractivity (Wildman–Crippen MR) is 82.8 cm³/mol. The third kappa shape index (κ3) is 4.31. The zero-order valence-electron chi connectivity index (χ0n) is 12.8. The fourth-order valence-corrected chi connectivity index (χ4v) is 2.48. The molecule has 1 heteroatoms. The predicted octanol–water partition coefficient (Wildman–Crippen LogP) is 5.00. The number of benzene rings is 1. The van der Waals surface area contributed by atoms with E-state index in [2.05, 4.69) is 45.7 Å². The maximum atomic E-state index is 5.78. The SMILES string of the molecule is C#CCC(CCC)c1cc(C)c(OCCC)cc1C. The first kappa shape index (κ1) is 15.6. The molecule has 104 valence electrons. The summed E-state index contributed by atoms with van der Waals surface area (Å²) < 4.78 is 5.78. The van der Waals surface area contributed by atoms with E-state index in [1.165, 1.54) is 23.1 Å². The molecule has 0 amide bonds. The Labute approximate surface area is 118 Å². The van der Waals surface area contributed by atoms with Crippen LogP contribution in [0.2, 0.25) is 0 Å². The standard InChI is InChI=1S/C18H26O/c1-6-9-16(10-7-2)17-12-15(5)18(13-14(17)4)19-11-8-3/h1,12-13,16H,7-11H2,2-5H3. The van der Waals surface area contributed by atoms with Crippen LogP contribution in [0.5, 0.6) is 5.75 Å². The second-order valence-corrected chi connectivity index (χ2v) is 5.22. The van der Waals surface area contributed by atoms with E-state index < -0.39 is 0 Å². The van der Waals surface area contributed by atoms with Gasteiger partial charge in [0.05, 0.1) is 6.61 Å². The molecule has 0 aromatic heterocycles. The van der Waals surface area contributed by atoms with E-state index in [4.69, 9.17) is 11.2 Å². The molecule has 0 N–H and O–H groups in total. The van der Waals surface area contributed by atoms with Crippen molar-refractivity contribution in [2.24, 2.45) is 0 Å². The molecule has 1 atom stereocenters. The number of aryl methyl sites for hydroxylation is 2. The molecule has 0 aliphatic rings. The summed E-state index contributed by atoms with van der Waals surface area (Å²) in [5.41, 5.74) is 3.90. The second kappa shape index (κ2) is 7.89. The fraction of sp³-hybridized carbons (Fsp3) is 0.556. The summed E-state index contributed by atoms with van der Waals surface area (Å²) in [7, 11) is 0. The summed E-state index contributed by atoms with van der Waals surface area (Å²) in [6.07, 6.45) is 9.68. The lowest BCUT2D eigenvalue weighted by molar-refractivity contribution is 0.315. The van der Waals surface area contributed by atoms with E-state index in [9.17, 15) is 0 Å². The minimum atomic E-state index is 0.480. The van der Waals surface area contributed by atoms with Crippen molar-refractivity contribution in [3.63, 3.8) is 0 Å². The normalized spacial score (nSPS) is 11.9. The number of rotatable bonds is 7. The van der Waals surface area contributed by atoms with Crippen LogP contribution in [0.4, 0.5) is 0 Å². The zero-order valence-corrected chi connectivity index (χ0v) is 12.8. The average molecular weight is 258 g/mol. The van der Waals surface area contributed by atoms with E-state index in [-0.39, 0.29) is 0 Å². The minimum Gasteiger partial charge on any atom is -0.493 e. The number of hydrogen-bond donors (Lipinski definition) is 0. The summed E-state index contributed by atoms with van der Waals surface area (Å²) in [6.45, 7) is 9.40. The van der Waals surface area contributed by atoms with Crippen molar-refractivity contribution < 1.29 is 4.74 Å². The Hall–Kier alpha value is -1.42. The van der Waals surface area contributed by atoms with E-state index in [1.54, 1.807) is 0 Å². The molecule has 0 saturated heterocycles. The van der Waals surface area contributed by atoms with Crippen LogP contribution >= 0.6 is 0 Å². The molecular formula is C18H26O. The van der Waals surface area contributed by atoms with Gasteiger partial charge in [0.2, 0.25) is 0 Å². The first-order chi connectivity index (χ1) is 9.13. The number of hydrogen-bond acceptors (Lipinski definition) is 1. The molecule has 1 rings (SSSR count). The molecule has 0 fully saturated rings. The van der Waals surface area contributed by atoms with Gasteiger partial charge in [0.25, 0.3) is 0 Å². The molecule has 0 heterocycles. The smallest absolute Gasteiger partial charge is 0.122 e. The van der Waals surface area contributed by atoms with Crippen molar-refractivity contribution in [1.82, 2.24) is 0 Å². The van der Waals surface area contributed by atoms with Gasteiger partial charge in [-0.3, -0.25) is 0 Å². The zero-order chi connectivity index (χ0) is 14.3. The van der Waals surface area contributed by atoms with Crippen molar-refractivity contribution in [2.45, 2.75) is 59.3 Å². The van der Waals surface area contributed by atoms with Crippen LogP contribution in [-0.4, -0.2) is 6.61 Å². The van der Waals surface area contributed by atoms with Crippen LogP contribution in [0, 0.1) is 26.2 Å². The van der Waals surface area contributed by atoms with Gasteiger partial charge in [-0.1, -0.05) is 26.3 Å². The van der Waals surface area contributed by atoms with Gasteiger partial charge in [-0.15, -0.1) is 12.3 Å². The molecule has 1 unspecified atom stereocenters. The van der Waals surface area contributed by atoms with Gasteiger partial charge in [-0.25, -0.2) is 0 Å². The van der Waals surface area contributed by atoms with E-state index in [0.717, 1.165) is 31.6 Å². The van der Waals surface area contributed by atoms with Gasteiger partial charge < -0.3 is 4.74 Å². The molecule has 19 heavy (non-hydrogen) atoms. The van der Waals surface area contributed by atoms with Crippen LogP contribution in [0.15, 0.2) is 12.1 Å². The van der Waals surface area contributed by atoms with Crippen molar-refractivity contribution in [1.29, 1.82) is 0 Å². The molecule has 1 aromatic rings. The summed E-state index contributed by atoms with van der Waals surface area (Å²) in [5, 5.41) is 0. The Morgan fingerprint density at radius 1 is 1.16 bits per heavy atom. The van der Waals surface area contributed by atoms with E-state index in [0.29, 0.717) is 5.92 Å². The molecule has 0 radical (unpaired) electrons. The Morgan fingerprint density at radius 3 is 2.47 bits per heavy atom. The topological polar surface area (TPSA) is 9.23 Å². The van der Waals surface area contributed by atoms with Gasteiger partial charge in [0.1, 0.15) is 5.75 Å². The highest BCUT2D eigenvalue weighted by molar-refractivity contribution is 5.43. The van der Waals surface area contributed by atoms with Crippen molar-refractivity contribution in [3.8, 4) is 18.1 Å². The molecule has 0 saturated carbocycles. The Balaban J connectivity index is 3.02. The van der Waals surface area contributed by atoms with Crippen LogP contribution in [0.3, 0.4) is 0 Å². The molecule has 0 bridgehead atoms. The lowest BCUT2D eigenvalue weighted by Gasteiger charge is -2.19. The van der Waals surface area contributed by atoms with E-state index in [1.807, 2.05) is 0 Å². The van der Waals surface area contributed by atoms with Crippen LogP contribution in [0.1, 0.15) is 62.1 Å². The Kier molecular flexibility index (Phi) is 6.50. The minimum absolute atomic E-state index is 0.480. The van der Waals surface area contributed by atoms with Gasteiger partial charge in [-0.05, 0) is 55.4 Å². The first-order valence-electron chi connectivity index (χ1n) is 7.31. The molecule has 1 aromatic carbocycles. The maximum absolute atomic E-state index is 5.78. The quantitative estimate of drug-likeness (QED) is 0.625. The Bertz CT molecular complexity index is 440. The van der Waals surface area contributed by atoms with Crippen LogP contribution in [0.25, 0.3) is 0 Å². The largest absolute Gasteiger partial charge is 0.493 e. The summed E-state index contributed by atoms with van der Waals surface area (Å²) >= 11 is 0. The van der Waals surface area contributed by atoms with Crippen molar-refractivity contribution in [2.75, 3.05) is 6.61 Å². The van der Waals surface area contributed by atoms with Crippen molar-refractivity contribution in [3.05, 3.63) is 28.8 Å². The van der Waals surface area contributed by atoms with E-state index >= 15 is 0 Å². The monoisotopic (exact) mass is 258 g/mol. The molecular weight excluding hydrogens is 232 g/mol. The van der Waals surface area contributed by atoms with Crippen LogP contribution in [-0.2, 0) is 0 Å². The lowest BCUT2D eigenvalue weighted by atomic mass is 9.87. The van der Waals surface area contributed by atoms with Gasteiger partial charge in [-0.2, -0.15) is 0 Å². The molecule has 0 aliphatic carbocycles. The average Bonchev–Trinajstić information content (AvgIpc) is 2.39. The van der Waals surface area contributed by atoms with Gasteiger partial charge >= 0.3 is 0 Å². The van der Waals surface area contributed by atoms with Gasteiger partial charge in [0, 0.05) is 6.42 Å². The third-order valence-electron chi connectivity index (χ3n) is 3.47. The number of terminal acetylenes is 1. The summed E-state index contributed by atoms with van der Waals surface area (Å²) in [6, 6.07) is 4.43. The Morgan fingerprint density at radius 2 is 1.89 bits per heavy atom. The fourth-order valence-electron chi connectivity index (χ4n) is 2.48. The molecule has 0 aliphatic heterocycles. The highest BCUT2D eigenvalue weighted by Gasteiger charge is 2.14. The van der Waals surface area contributed by atoms with Crippen molar-refractivity contribution >= 4 is 0 Å². The molecule has 0 spiro atoms. The lowest BCUT2D eigenvalue weighted by Crippen LogP contribution is -2.04. The second-order valence-electron chi connectivity index (χ2n) is 5.22. The summed E-state index contributed by atoms with van der Waals surface area (Å²) in [5.74, 6) is 4.31. The van der Waals surface area contributed by atoms with Crippen LogP contribution < -0.4 is 4.74 Å². The summed E-state index contributed by atoms with van der Waals surface area (Å²) in [4.78, 5) is 0. The third-order valence-corrected chi connectivity index (χ3v) is 3.47. The molecule has 1 nitrogen and oxygen atoms in total. The highest BCUT2D eigenvalue weighted by Crippen LogP contribution is 2.32. The first-order valence-corrected chi connectivity index (χ1v) is 7.31.